The van der Waals surface area contributed by atoms with Gasteiger partial charge in [0.1, 0.15) is 12.4 Å². The number of carbonyl (C=O) groups is 1. The fraction of sp³-hybridized carbons (Fsp3) is 0.143. The third-order valence-corrected chi connectivity index (χ3v) is 4.70. The molecule has 0 unspecified atom stereocenters. The molecule has 0 radical (unpaired) electrons. The van der Waals surface area contributed by atoms with E-state index in [9.17, 15) is 4.79 Å². The van der Waals surface area contributed by atoms with E-state index in [1.54, 1.807) is 6.08 Å². The first-order valence-corrected chi connectivity index (χ1v) is 9.22. The van der Waals surface area contributed by atoms with Crippen LogP contribution < -0.4 is 10.1 Å². The van der Waals surface area contributed by atoms with Gasteiger partial charge in [-0.15, -0.1) is 0 Å². The lowest BCUT2D eigenvalue weighted by molar-refractivity contribution is -0.115. The Balaban J connectivity index is 1.80. The minimum absolute atomic E-state index is 0.155. The van der Waals surface area contributed by atoms with Crippen molar-refractivity contribution in [3.8, 4) is 5.75 Å². The molecule has 2 aromatic carbocycles. The number of rotatable bonds is 6. The number of amides is 1. The molecular formula is C21H20N2O2S. The number of benzene rings is 2. The van der Waals surface area contributed by atoms with Gasteiger partial charge in [-0.25, -0.2) is 4.99 Å². The van der Waals surface area contributed by atoms with Crippen molar-refractivity contribution in [2.45, 2.75) is 13.3 Å². The van der Waals surface area contributed by atoms with E-state index in [4.69, 9.17) is 4.74 Å². The summed E-state index contributed by atoms with van der Waals surface area (Å²) in [5.41, 5.74) is 2.93. The zero-order chi connectivity index (χ0) is 18.4. The average Bonchev–Trinajstić information content (AvgIpc) is 3.00. The maximum absolute atomic E-state index is 12.3. The van der Waals surface area contributed by atoms with Crippen LogP contribution in [0.1, 0.15) is 18.1 Å². The van der Waals surface area contributed by atoms with E-state index in [1.165, 1.54) is 17.3 Å². The van der Waals surface area contributed by atoms with Gasteiger partial charge in [0.05, 0.1) is 10.6 Å². The number of aryl methyl sites for hydroxylation is 1. The highest BCUT2D eigenvalue weighted by Gasteiger charge is 2.24. The van der Waals surface area contributed by atoms with Crippen molar-refractivity contribution >= 4 is 34.6 Å². The third-order valence-electron chi connectivity index (χ3n) is 3.79. The molecule has 0 bridgehead atoms. The van der Waals surface area contributed by atoms with Gasteiger partial charge in [-0.3, -0.25) is 4.79 Å². The van der Waals surface area contributed by atoms with Gasteiger partial charge in [0.25, 0.3) is 5.91 Å². The van der Waals surface area contributed by atoms with Crippen molar-refractivity contribution in [3.05, 3.63) is 77.2 Å². The van der Waals surface area contributed by atoms with Gasteiger partial charge < -0.3 is 10.1 Å². The number of hydrogen-bond donors (Lipinski definition) is 1. The zero-order valence-corrected chi connectivity index (χ0v) is 15.4. The number of carbonyl (C=O) groups excluding carboxylic acids is 1. The van der Waals surface area contributed by atoms with Crippen molar-refractivity contribution < 1.29 is 9.53 Å². The number of ether oxygens (including phenoxy) is 1. The molecular weight excluding hydrogens is 344 g/mol. The molecule has 4 nitrogen and oxygen atoms in total. The number of thioether (sulfide) groups is 1. The molecule has 1 aliphatic heterocycles. The Kier molecular flexibility index (Phi) is 5.92. The highest BCUT2D eigenvalue weighted by Crippen LogP contribution is 2.30. The van der Waals surface area contributed by atoms with Crippen LogP contribution in [-0.2, 0) is 11.2 Å². The van der Waals surface area contributed by atoms with Crippen LogP contribution in [0.25, 0.3) is 6.08 Å². The summed E-state index contributed by atoms with van der Waals surface area (Å²) in [5, 5.41) is 3.39. The topological polar surface area (TPSA) is 50.7 Å². The van der Waals surface area contributed by atoms with E-state index in [1.807, 2.05) is 54.6 Å². The summed E-state index contributed by atoms with van der Waals surface area (Å²) in [6.45, 7) is 6.19. The van der Waals surface area contributed by atoms with E-state index < -0.39 is 0 Å². The molecule has 0 aromatic heterocycles. The molecule has 2 aromatic rings. The molecule has 1 heterocycles. The Labute approximate surface area is 157 Å². The molecule has 0 aliphatic carbocycles. The number of hydrogen-bond acceptors (Lipinski definition) is 4. The van der Waals surface area contributed by atoms with Crippen molar-refractivity contribution in [3.63, 3.8) is 0 Å². The SMILES string of the molecule is C=CCOc1ccccc1/C=C1\SC(=Nc2ccc(CC)cc2)NC1=O. The predicted octanol–water partition coefficient (Wildman–Crippen LogP) is 4.71. The Hall–Kier alpha value is -2.79. The molecule has 1 fully saturated rings. The molecule has 1 aliphatic rings. The van der Waals surface area contributed by atoms with Gasteiger partial charge >= 0.3 is 0 Å². The van der Waals surface area contributed by atoms with Gasteiger partial charge in [0, 0.05) is 5.56 Å². The highest BCUT2D eigenvalue weighted by atomic mass is 32.2. The van der Waals surface area contributed by atoms with E-state index in [0.717, 1.165) is 17.7 Å². The van der Waals surface area contributed by atoms with Crippen molar-refractivity contribution in [2.75, 3.05) is 6.61 Å². The van der Waals surface area contributed by atoms with Crippen LogP contribution in [0.4, 0.5) is 5.69 Å². The molecule has 0 atom stereocenters. The average molecular weight is 364 g/mol. The number of para-hydroxylation sites is 1. The summed E-state index contributed by atoms with van der Waals surface area (Å²) in [5.74, 6) is 0.561. The Morgan fingerprint density at radius 2 is 1.96 bits per heavy atom. The Morgan fingerprint density at radius 1 is 1.19 bits per heavy atom. The summed E-state index contributed by atoms with van der Waals surface area (Å²) >= 11 is 1.33. The van der Waals surface area contributed by atoms with Gasteiger partial charge in [-0.2, -0.15) is 0 Å². The molecule has 26 heavy (non-hydrogen) atoms. The minimum Gasteiger partial charge on any atom is -0.489 e. The highest BCUT2D eigenvalue weighted by molar-refractivity contribution is 8.18. The van der Waals surface area contributed by atoms with Gasteiger partial charge in [-0.05, 0) is 48.0 Å². The summed E-state index contributed by atoms with van der Waals surface area (Å²) in [6.07, 6.45) is 4.50. The normalized spacial score (nSPS) is 16.7. The Bertz CT molecular complexity index is 870. The smallest absolute Gasteiger partial charge is 0.264 e. The fourth-order valence-electron chi connectivity index (χ4n) is 2.43. The summed E-state index contributed by atoms with van der Waals surface area (Å²) in [7, 11) is 0. The molecule has 1 N–H and O–H groups in total. The van der Waals surface area contributed by atoms with Crippen molar-refractivity contribution in [2.24, 2.45) is 4.99 Å². The number of amidine groups is 1. The number of aliphatic imine (C=N–C) groups is 1. The minimum atomic E-state index is -0.155. The van der Waals surface area contributed by atoms with Crippen LogP contribution in [0.2, 0.25) is 0 Å². The second-order valence-corrected chi connectivity index (χ2v) is 6.67. The predicted molar refractivity (Wildman–Crippen MR) is 109 cm³/mol. The van der Waals surface area contributed by atoms with Crippen LogP contribution in [0, 0.1) is 0 Å². The molecule has 1 amide bonds. The molecule has 0 spiro atoms. The summed E-state index contributed by atoms with van der Waals surface area (Å²) in [6, 6.07) is 15.6. The molecule has 132 valence electrons. The van der Waals surface area contributed by atoms with Crippen LogP contribution >= 0.6 is 11.8 Å². The first-order valence-electron chi connectivity index (χ1n) is 8.41. The molecule has 0 saturated carbocycles. The summed E-state index contributed by atoms with van der Waals surface area (Å²) < 4.78 is 5.64. The lowest BCUT2D eigenvalue weighted by atomic mass is 10.2. The van der Waals surface area contributed by atoms with Gasteiger partial charge in [0.15, 0.2) is 5.17 Å². The van der Waals surface area contributed by atoms with Crippen LogP contribution in [-0.4, -0.2) is 17.7 Å². The van der Waals surface area contributed by atoms with Gasteiger partial charge in [-0.1, -0.05) is 49.9 Å². The second kappa shape index (κ2) is 8.54. The first kappa shape index (κ1) is 18.0. The first-order chi connectivity index (χ1) is 12.7. The maximum atomic E-state index is 12.3. The van der Waals surface area contributed by atoms with E-state index in [0.29, 0.717) is 22.4 Å². The molecule has 1 saturated heterocycles. The van der Waals surface area contributed by atoms with Crippen molar-refractivity contribution in [1.82, 2.24) is 5.32 Å². The largest absolute Gasteiger partial charge is 0.489 e. The van der Waals surface area contributed by atoms with Crippen molar-refractivity contribution in [1.29, 1.82) is 0 Å². The summed E-state index contributed by atoms with van der Waals surface area (Å²) in [4.78, 5) is 17.4. The monoisotopic (exact) mass is 364 g/mol. The van der Waals surface area contributed by atoms with Crippen LogP contribution in [0.15, 0.2) is 71.1 Å². The molecule has 5 heteroatoms. The second-order valence-electron chi connectivity index (χ2n) is 5.64. The fourth-order valence-corrected chi connectivity index (χ4v) is 3.26. The number of nitrogens with zero attached hydrogens (tertiary/aromatic N) is 1. The zero-order valence-electron chi connectivity index (χ0n) is 14.6. The van der Waals surface area contributed by atoms with Gasteiger partial charge in [0.2, 0.25) is 0 Å². The van der Waals surface area contributed by atoms with E-state index in [2.05, 4.69) is 23.8 Å². The molecule has 3 rings (SSSR count). The number of nitrogens with one attached hydrogen (secondary N) is 1. The van der Waals surface area contributed by atoms with Crippen LogP contribution in [0.5, 0.6) is 5.75 Å². The van der Waals surface area contributed by atoms with E-state index >= 15 is 0 Å². The standard InChI is InChI=1S/C21H20N2O2S/c1-3-13-25-18-8-6-5-7-16(18)14-19-20(24)23-21(26-19)22-17-11-9-15(4-2)10-12-17/h3,5-12,14H,1,4,13H2,2H3,(H,22,23,24)/b19-14-. The third kappa shape index (κ3) is 4.43. The van der Waals surface area contributed by atoms with E-state index in [-0.39, 0.29) is 5.91 Å². The quantitative estimate of drug-likeness (QED) is 0.597. The lowest BCUT2D eigenvalue weighted by Gasteiger charge is -2.06. The lowest BCUT2D eigenvalue weighted by Crippen LogP contribution is -2.19. The Morgan fingerprint density at radius 3 is 2.69 bits per heavy atom. The maximum Gasteiger partial charge on any atom is 0.264 e. The van der Waals surface area contributed by atoms with Crippen LogP contribution in [0.3, 0.4) is 0 Å².